The molecule has 0 radical (unpaired) electrons. The van der Waals surface area contributed by atoms with Crippen molar-refractivity contribution in [3.63, 3.8) is 0 Å². The minimum atomic E-state index is -0.196. The number of hydrogen-bond donors (Lipinski definition) is 1. The topological polar surface area (TPSA) is 89.5 Å². The van der Waals surface area contributed by atoms with Crippen molar-refractivity contribution in [2.75, 3.05) is 33.9 Å². The normalized spacial score (nSPS) is 14.3. The molecule has 1 heterocycles. The van der Waals surface area contributed by atoms with E-state index in [2.05, 4.69) is 10.5 Å². The maximum Gasteiger partial charge on any atom is 0.254 e. The second-order valence-electron chi connectivity index (χ2n) is 7.37. The van der Waals surface area contributed by atoms with E-state index in [4.69, 9.17) is 14.2 Å². The third-order valence-corrected chi connectivity index (χ3v) is 5.35. The molecule has 1 saturated heterocycles. The zero-order valence-electron chi connectivity index (χ0n) is 18.7. The molecular weight excluding hydrogens is 410 g/mol. The molecule has 3 rings (SSSR count). The van der Waals surface area contributed by atoms with Gasteiger partial charge in [0.2, 0.25) is 5.91 Å². The van der Waals surface area contributed by atoms with Gasteiger partial charge >= 0.3 is 0 Å². The highest BCUT2D eigenvalue weighted by Gasteiger charge is 2.28. The predicted molar refractivity (Wildman–Crippen MR) is 122 cm³/mol. The van der Waals surface area contributed by atoms with E-state index in [0.717, 1.165) is 5.56 Å². The molecule has 2 aromatic rings. The largest absolute Gasteiger partial charge is 0.497 e. The first-order chi connectivity index (χ1) is 15.5. The second-order valence-corrected chi connectivity index (χ2v) is 7.37. The number of amides is 2. The van der Waals surface area contributed by atoms with Crippen LogP contribution in [0.25, 0.3) is 0 Å². The van der Waals surface area contributed by atoms with Gasteiger partial charge in [-0.3, -0.25) is 9.59 Å². The number of hydrazone groups is 1. The predicted octanol–water partition coefficient (Wildman–Crippen LogP) is 3.11. The van der Waals surface area contributed by atoms with E-state index < -0.39 is 0 Å². The first-order valence-corrected chi connectivity index (χ1v) is 10.6. The fourth-order valence-corrected chi connectivity index (χ4v) is 3.59. The van der Waals surface area contributed by atoms with Crippen LogP contribution < -0.4 is 19.6 Å². The lowest BCUT2D eigenvalue weighted by Crippen LogP contribution is -2.42. The van der Waals surface area contributed by atoms with Crippen LogP contribution in [0.5, 0.6) is 17.2 Å². The number of methoxy groups -OCH3 is 2. The Hall–Kier alpha value is -3.55. The summed E-state index contributed by atoms with van der Waals surface area (Å²) >= 11 is 0. The van der Waals surface area contributed by atoms with Gasteiger partial charge in [0, 0.05) is 36.2 Å². The summed E-state index contributed by atoms with van der Waals surface area (Å²) in [7, 11) is 3.09. The maximum absolute atomic E-state index is 12.9. The second kappa shape index (κ2) is 11.2. The van der Waals surface area contributed by atoms with E-state index in [1.807, 2.05) is 31.2 Å². The molecule has 0 aromatic heterocycles. The van der Waals surface area contributed by atoms with E-state index in [0.29, 0.717) is 55.4 Å². The van der Waals surface area contributed by atoms with Gasteiger partial charge in [-0.25, -0.2) is 5.43 Å². The van der Waals surface area contributed by atoms with Gasteiger partial charge in [0.15, 0.2) is 0 Å². The molecule has 0 spiro atoms. The van der Waals surface area contributed by atoms with Crippen molar-refractivity contribution in [2.24, 2.45) is 11.0 Å². The van der Waals surface area contributed by atoms with E-state index in [1.165, 1.54) is 0 Å². The third-order valence-electron chi connectivity index (χ3n) is 5.35. The molecule has 2 aromatic carbocycles. The van der Waals surface area contributed by atoms with Crippen molar-refractivity contribution in [3.05, 3.63) is 53.6 Å². The molecule has 2 amide bonds. The van der Waals surface area contributed by atoms with Gasteiger partial charge in [-0.2, -0.15) is 5.10 Å². The summed E-state index contributed by atoms with van der Waals surface area (Å²) in [5, 5.41) is 4.09. The van der Waals surface area contributed by atoms with Gasteiger partial charge in [-0.1, -0.05) is 12.1 Å². The monoisotopic (exact) mass is 439 g/mol. The van der Waals surface area contributed by atoms with Crippen molar-refractivity contribution >= 4 is 18.0 Å². The summed E-state index contributed by atoms with van der Waals surface area (Å²) in [6.45, 7) is 3.45. The number of piperidine rings is 1. The molecule has 0 unspecified atom stereocenters. The first kappa shape index (κ1) is 23.1. The lowest BCUT2D eigenvalue weighted by molar-refractivity contribution is -0.126. The van der Waals surface area contributed by atoms with Crippen LogP contribution in [-0.4, -0.2) is 56.8 Å². The Labute approximate surface area is 188 Å². The average molecular weight is 440 g/mol. The van der Waals surface area contributed by atoms with E-state index in [9.17, 15) is 9.59 Å². The van der Waals surface area contributed by atoms with Crippen LogP contribution in [0.4, 0.5) is 0 Å². The minimum absolute atomic E-state index is 0.105. The van der Waals surface area contributed by atoms with Crippen LogP contribution in [0.15, 0.2) is 47.6 Å². The molecule has 32 heavy (non-hydrogen) atoms. The van der Waals surface area contributed by atoms with Crippen molar-refractivity contribution in [1.29, 1.82) is 0 Å². The molecular formula is C24H29N3O5. The lowest BCUT2D eigenvalue weighted by Gasteiger charge is -2.31. The number of carbonyl (C=O) groups excluding carboxylic acids is 2. The van der Waals surface area contributed by atoms with Crippen LogP contribution in [0.1, 0.15) is 35.7 Å². The Bertz CT molecular complexity index is 946. The Morgan fingerprint density at radius 1 is 1.09 bits per heavy atom. The van der Waals surface area contributed by atoms with Gasteiger partial charge in [0.25, 0.3) is 5.91 Å². The van der Waals surface area contributed by atoms with Crippen molar-refractivity contribution in [2.45, 2.75) is 19.8 Å². The number of nitrogens with zero attached hydrogens (tertiary/aromatic N) is 2. The summed E-state index contributed by atoms with van der Waals surface area (Å²) in [5.41, 5.74) is 3.91. The zero-order valence-corrected chi connectivity index (χ0v) is 18.7. The Morgan fingerprint density at radius 2 is 1.75 bits per heavy atom. The van der Waals surface area contributed by atoms with Crippen molar-refractivity contribution in [1.82, 2.24) is 10.3 Å². The molecule has 8 heteroatoms. The lowest BCUT2D eigenvalue weighted by atomic mass is 9.95. The number of carbonyl (C=O) groups is 2. The molecule has 170 valence electrons. The van der Waals surface area contributed by atoms with Crippen molar-refractivity contribution in [3.8, 4) is 17.2 Å². The van der Waals surface area contributed by atoms with Crippen LogP contribution >= 0.6 is 0 Å². The molecule has 1 fully saturated rings. The summed E-state index contributed by atoms with van der Waals surface area (Å²) in [5.74, 6) is 1.39. The number of likely N-dealkylation sites (tertiary alicyclic amines) is 1. The number of para-hydroxylation sites is 1. The number of benzene rings is 2. The quantitative estimate of drug-likeness (QED) is 0.504. The fourth-order valence-electron chi connectivity index (χ4n) is 3.59. The van der Waals surface area contributed by atoms with Crippen LogP contribution in [0.2, 0.25) is 0 Å². The van der Waals surface area contributed by atoms with E-state index in [1.54, 1.807) is 43.5 Å². The highest BCUT2D eigenvalue weighted by molar-refractivity contribution is 5.95. The highest BCUT2D eigenvalue weighted by atomic mass is 16.5. The molecule has 8 nitrogen and oxygen atoms in total. The number of nitrogens with one attached hydrogen (secondary N) is 1. The number of hydrogen-bond acceptors (Lipinski definition) is 6. The molecule has 1 N–H and O–H groups in total. The molecule has 0 atom stereocenters. The summed E-state index contributed by atoms with van der Waals surface area (Å²) < 4.78 is 16.1. The minimum Gasteiger partial charge on any atom is -0.497 e. The highest BCUT2D eigenvalue weighted by Crippen LogP contribution is 2.25. The van der Waals surface area contributed by atoms with E-state index >= 15 is 0 Å². The Kier molecular flexibility index (Phi) is 8.08. The molecule has 1 aliphatic heterocycles. The molecule has 0 bridgehead atoms. The van der Waals surface area contributed by atoms with Crippen LogP contribution in [0.3, 0.4) is 0 Å². The molecule has 0 aliphatic carbocycles. The van der Waals surface area contributed by atoms with Crippen LogP contribution in [-0.2, 0) is 4.79 Å². The van der Waals surface area contributed by atoms with Gasteiger partial charge in [-0.05, 0) is 44.0 Å². The zero-order chi connectivity index (χ0) is 22.9. The Morgan fingerprint density at radius 3 is 2.38 bits per heavy atom. The SMILES string of the molecule is CCOc1ccccc1/C=N\NC(=O)C1CCN(C(=O)c2cc(OC)cc(OC)c2)CC1. The van der Waals surface area contributed by atoms with Crippen molar-refractivity contribution < 1.29 is 23.8 Å². The smallest absolute Gasteiger partial charge is 0.254 e. The maximum atomic E-state index is 12.9. The molecule has 0 saturated carbocycles. The van der Waals surface area contributed by atoms with Gasteiger partial charge in [0.1, 0.15) is 17.2 Å². The average Bonchev–Trinajstić information content (AvgIpc) is 2.84. The summed E-state index contributed by atoms with van der Waals surface area (Å²) in [6.07, 6.45) is 2.73. The standard InChI is InChI=1S/C24H29N3O5/c1-4-32-22-8-6-5-7-18(22)16-25-26-23(28)17-9-11-27(12-10-17)24(29)19-13-20(30-2)15-21(14-19)31-3/h5-8,13-17H,4,9-12H2,1-3H3,(H,26,28)/b25-16-. The van der Waals surface area contributed by atoms with Gasteiger partial charge < -0.3 is 19.1 Å². The Balaban J connectivity index is 1.54. The van der Waals surface area contributed by atoms with E-state index in [-0.39, 0.29) is 17.7 Å². The van der Waals surface area contributed by atoms with Gasteiger partial charge in [0.05, 0.1) is 27.0 Å². The third kappa shape index (κ3) is 5.78. The summed E-state index contributed by atoms with van der Waals surface area (Å²) in [6, 6.07) is 12.6. The number of ether oxygens (including phenoxy) is 3. The fraction of sp³-hybridized carbons (Fsp3) is 0.375. The summed E-state index contributed by atoms with van der Waals surface area (Å²) in [4.78, 5) is 27.2. The van der Waals surface area contributed by atoms with Gasteiger partial charge in [-0.15, -0.1) is 0 Å². The van der Waals surface area contributed by atoms with Crippen LogP contribution in [0, 0.1) is 5.92 Å². The number of rotatable bonds is 8. The first-order valence-electron chi connectivity index (χ1n) is 10.6. The molecule has 1 aliphatic rings.